The molecule has 334 valence electrons. The second kappa shape index (κ2) is 15.1. The van der Waals surface area contributed by atoms with E-state index in [2.05, 4.69) is 227 Å². The van der Waals surface area contributed by atoms with Gasteiger partial charge in [0.2, 0.25) is 0 Å². The van der Waals surface area contributed by atoms with E-state index in [4.69, 9.17) is 4.11 Å². The first-order chi connectivity index (χ1) is 32.2. The second-order valence-electron chi connectivity index (χ2n) is 24.0. The van der Waals surface area contributed by atoms with E-state index in [1.54, 1.807) is 0 Å². The molecule has 0 saturated carbocycles. The Bertz CT molecular complexity index is 3140. The average molecular weight is 868 g/mol. The van der Waals surface area contributed by atoms with Gasteiger partial charge >= 0.3 is 0 Å². The van der Waals surface area contributed by atoms with Crippen molar-refractivity contribution in [3.05, 3.63) is 173 Å². The van der Waals surface area contributed by atoms with Crippen LogP contribution in [0.4, 0.5) is 34.1 Å². The van der Waals surface area contributed by atoms with Crippen molar-refractivity contribution < 1.29 is 4.11 Å². The van der Waals surface area contributed by atoms with Crippen molar-refractivity contribution in [1.29, 1.82) is 0 Å². The number of hydrogen-bond acceptors (Lipinski definition) is 2. The molecule has 66 heavy (non-hydrogen) atoms. The van der Waals surface area contributed by atoms with Gasteiger partial charge < -0.3 is 9.80 Å². The van der Waals surface area contributed by atoms with Crippen molar-refractivity contribution in [2.75, 3.05) is 9.80 Å². The van der Waals surface area contributed by atoms with E-state index in [1.807, 2.05) is 12.1 Å². The van der Waals surface area contributed by atoms with Gasteiger partial charge in [0.25, 0.3) is 6.71 Å². The fourth-order valence-corrected chi connectivity index (χ4v) is 11.1. The predicted octanol–water partition coefficient (Wildman–Crippen LogP) is 15.7. The first-order valence-corrected chi connectivity index (χ1v) is 24.3. The molecule has 0 amide bonds. The zero-order valence-electron chi connectivity index (χ0n) is 44.7. The van der Waals surface area contributed by atoms with E-state index in [0.717, 1.165) is 63.6 Å². The highest BCUT2D eigenvalue weighted by molar-refractivity contribution is 7.00. The minimum Gasteiger partial charge on any atom is -0.311 e. The number of rotatable bonds is 4. The van der Waals surface area contributed by atoms with Gasteiger partial charge in [-0.15, -0.1) is 0 Å². The molecule has 2 aliphatic heterocycles. The molecule has 7 aromatic rings. The van der Waals surface area contributed by atoms with Crippen LogP contribution in [0, 0.1) is 6.85 Å². The molecular formula is C63H69BN2. The largest absolute Gasteiger partial charge is 0.311 e. The highest BCUT2D eigenvalue weighted by Gasteiger charge is 2.47. The van der Waals surface area contributed by atoms with Crippen LogP contribution in [-0.4, -0.2) is 6.71 Å². The fraction of sp³-hybridized carbons (Fsp3) is 0.333. The van der Waals surface area contributed by atoms with Crippen LogP contribution in [0.1, 0.15) is 140 Å². The van der Waals surface area contributed by atoms with E-state index in [-0.39, 0.29) is 33.8 Å². The van der Waals surface area contributed by atoms with Gasteiger partial charge in [-0.2, -0.15) is 0 Å². The van der Waals surface area contributed by atoms with E-state index in [0.29, 0.717) is 5.56 Å². The molecular weight excluding hydrogens is 796 g/mol. The van der Waals surface area contributed by atoms with Crippen LogP contribution in [0.5, 0.6) is 0 Å². The fourth-order valence-electron chi connectivity index (χ4n) is 11.1. The minimum absolute atomic E-state index is 0.0286. The molecule has 0 radical (unpaired) electrons. The minimum atomic E-state index is -2.38. The third-order valence-electron chi connectivity index (χ3n) is 15.3. The van der Waals surface area contributed by atoms with Crippen molar-refractivity contribution in [3.8, 4) is 22.3 Å². The van der Waals surface area contributed by atoms with Crippen molar-refractivity contribution in [2.24, 2.45) is 0 Å². The van der Waals surface area contributed by atoms with Gasteiger partial charge in [-0.3, -0.25) is 0 Å². The van der Waals surface area contributed by atoms with Crippen LogP contribution in [0.3, 0.4) is 0 Å². The molecule has 0 bridgehead atoms. The zero-order chi connectivity index (χ0) is 49.4. The van der Waals surface area contributed by atoms with Crippen molar-refractivity contribution >= 4 is 57.2 Å². The summed E-state index contributed by atoms with van der Waals surface area (Å²) in [6.45, 7) is 27.6. The predicted molar refractivity (Wildman–Crippen MR) is 287 cm³/mol. The summed E-state index contributed by atoms with van der Waals surface area (Å²) < 4.78 is 27.4. The standard InChI is InChI=1S/C63H69BN2/c1-40-34-56-58-57(35-40)66(53-30-26-45(60(5,6)7)36-48(53)43-22-20-42(21-23-43)41-18-16-15-17-19-41)55-39-50-49(62(11,12)32-33-63(50,13)14)38-52(55)64(58)51-37-46(61(8,9)10)27-31-54(51)65(56)47-28-24-44(25-29-47)59(2,3)4/h15-31,34-39H,32-33H2,1-14H3/i1D3. The lowest BCUT2D eigenvalue weighted by molar-refractivity contribution is 0.332. The summed E-state index contributed by atoms with van der Waals surface area (Å²) >= 11 is 0. The Labute approximate surface area is 401 Å². The molecule has 2 heterocycles. The quantitative estimate of drug-likeness (QED) is 0.163. The smallest absolute Gasteiger partial charge is 0.252 e. The van der Waals surface area contributed by atoms with Crippen molar-refractivity contribution in [1.82, 2.24) is 0 Å². The van der Waals surface area contributed by atoms with Crippen LogP contribution in [-0.2, 0) is 27.1 Å². The second-order valence-corrected chi connectivity index (χ2v) is 24.0. The van der Waals surface area contributed by atoms with Gasteiger partial charge in [0.05, 0.1) is 5.69 Å². The summed E-state index contributed by atoms with van der Waals surface area (Å²) in [5, 5.41) is 0. The molecule has 0 fully saturated rings. The van der Waals surface area contributed by atoms with Crippen LogP contribution < -0.4 is 26.2 Å². The molecule has 2 nitrogen and oxygen atoms in total. The molecule has 3 aliphatic rings. The molecule has 3 heteroatoms. The SMILES string of the molecule is [2H]C([2H])([2H])c1cc2c3c(c1)N(c1ccc(C(C)(C)C)cc1-c1ccc(-c4ccccc4)cc1)c1cc4c(cc1B3c1cc(C(C)(C)C)ccc1N2c1ccc(C(C)(C)C)cc1)C(C)(C)CCC4(C)C. The van der Waals surface area contributed by atoms with Crippen LogP contribution >= 0.6 is 0 Å². The highest BCUT2D eigenvalue weighted by Crippen LogP contribution is 2.52. The Balaban J connectivity index is 1.34. The molecule has 0 unspecified atom stereocenters. The first-order valence-electron chi connectivity index (χ1n) is 25.8. The van der Waals surface area contributed by atoms with Gasteiger partial charge in [0, 0.05) is 38.1 Å². The Kier molecular flexibility index (Phi) is 9.27. The van der Waals surface area contributed by atoms with Crippen molar-refractivity contribution in [2.45, 2.75) is 137 Å². The summed E-state index contributed by atoms with van der Waals surface area (Å²) in [6, 6.07) is 51.7. The van der Waals surface area contributed by atoms with E-state index in [9.17, 15) is 0 Å². The van der Waals surface area contributed by atoms with Crippen LogP contribution in [0.15, 0.2) is 140 Å². The molecule has 7 aromatic carbocycles. The maximum Gasteiger partial charge on any atom is 0.252 e. The summed E-state index contributed by atoms with van der Waals surface area (Å²) in [5.74, 6) is 0. The lowest BCUT2D eigenvalue weighted by Crippen LogP contribution is -2.62. The van der Waals surface area contributed by atoms with E-state index < -0.39 is 6.85 Å². The number of anilines is 6. The van der Waals surface area contributed by atoms with Crippen molar-refractivity contribution in [3.63, 3.8) is 0 Å². The molecule has 10 rings (SSSR count). The highest BCUT2D eigenvalue weighted by atomic mass is 15.2. The molecule has 1 aliphatic carbocycles. The zero-order valence-corrected chi connectivity index (χ0v) is 41.7. The Morgan fingerprint density at radius 1 is 0.455 bits per heavy atom. The third-order valence-corrected chi connectivity index (χ3v) is 15.3. The van der Waals surface area contributed by atoms with E-state index in [1.165, 1.54) is 49.9 Å². The lowest BCUT2D eigenvalue weighted by Gasteiger charge is -2.48. The Morgan fingerprint density at radius 2 is 0.955 bits per heavy atom. The first kappa shape index (κ1) is 40.5. The number of fused-ring (bicyclic) bond motifs is 5. The number of benzene rings is 7. The van der Waals surface area contributed by atoms with Crippen LogP contribution in [0.25, 0.3) is 22.3 Å². The molecule has 0 spiro atoms. The Hall–Kier alpha value is -5.80. The van der Waals surface area contributed by atoms with Gasteiger partial charge in [0.1, 0.15) is 0 Å². The number of hydrogen-bond donors (Lipinski definition) is 0. The molecule has 0 atom stereocenters. The normalized spacial score (nSPS) is 16.9. The molecule has 0 aromatic heterocycles. The van der Waals surface area contributed by atoms with Gasteiger partial charge in [-0.05, 0) is 162 Å². The third kappa shape index (κ3) is 7.33. The Morgan fingerprint density at radius 3 is 1.55 bits per heavy atom. The van der Waals surface area contributed by atoms with Gasteiger partial charge in [-0.1, -0.05) is 181 Å². The summed E-state index contributed by atoms with van der Waals surface area (Å²) in [6.07, 6.45) is 2.18. The average Bonchev–Trinajstić information content (AvgIpc) is 3.29. The summed E-state index contributed by atoms with van der Waals surface area (Å²) in [7, 11) is 0. The maximum absolute atomic E-state index is 9.14. The lowest BCUT2D eigenvalue weighted by atomic mass is 9.33. The number of nitrogens with zero attached hydrogens (tertiary/aromatic N) is 2. The topological polar surface area (TPSA) is 6.48 Å². The monoisotopic (exact) mass is 868 g/mol. The molecule has 0 saturated heterocycles. The molecule has 0 N–H and O–H groups in total. The van der Waals surface area contributed by atoms with Gasteiger partial charge in [-0.25, -0.2) is 0 Å². The van der Waals surface area contributed by atoms with E-state index >= 15 is 0 Å². The van der Waals surface area contributed by atoms with Crippen LogP contribution in [0.2, 0.25) is 0 Å². The summed E-state index contributed by atoms with van der Waals surface area (Å²) in [5.41, 5.74) is 20.8. The maximum atomic E-state index is 9.14. The van der Waals surface area contributed by atoms with Gasteiger partial charge in [0.15, 0.2) is 0 Å². The number of aryl methyl sites for hydroxylation is 1. The summed E-state index contributed by atoms with van der Waals surface area (Å²) in [4.78, 5) is 4.82.